The summed E-state index contributed by atoms with van der Waals surface area (Å²) in [4.78, 5) is 11.7. The summed E-state index contributed by atoms with van der Waals surface area (Å²) in [7, 11) is 1.68. The molecular weight excluding hydrogens is 228 g/mol. The molecule has 1 rings (SSSR count). The first-order valence-electron chi connectivity index (χ1n) is 6.66. The summed E-state index contributed by atoms with van der Waals surface area (Å²) >= 11 is 0. The minimum Gasteiger partial charge on any atom is -0.368 e. The van der Waals surface area contributed by atoms with Gasteiger partial charge in [-0.05, 0) is 48.0 Å². The SMILES string of the molecule is CNC(=O)C(C)(C)CN[C@@H]1CC(C)(C)OC1(C)C. The van der Waals surface area contributed by atoms with Gasteiger partial charge in [-0.15, -0.1) is 0 Å². The molecule has 1 aliphatic rings. The summed E-state index contributed by atoms with van der Waals surface area (Å²) in [6.45, 7) is 13.0. The van der Waals surface area contributed by atoms with Gasteiger partial charge in [-0.1, -0.05) is 0 Å². The third-order valence-corrected chi connectivity index (χ3v) is 3.71. The van der Waals surface area contributed by atoms with Crippen molar-refractivity contribution in [2.24, 2.45) is 5.41 Å². The van der Waals surface area contributed by atoms with Crippen molar-refractivity contribution >= 4 is 5.91 Å². The minimum atomic E-state index is -0.405. The lowest BCUT2D eigenvalue weighted by Crippen LogP contribution is -2.50. The van der Waals surface area contributed by atoms with Gasteiger partial charge in [-0.3, -0.25) is 4.79 Å². The predicted octanol–water partition coefficient (Wildman–Crippen LogP) is 1.69. The number of carbonyl (C=O) groups is 1. The highest BCUT2D eigenvalue weighted by atomic mass is 16.5. The van der Waals surface area contributed by atoms with E-state index in [0.717, 1.165) is 6.42 Å². The Morgan fingerprint density at radius 1 is 1.33 bits per heavy atom. The molecule has 4 heteroatoms. The standard InChI is InChI=1S/C14H28N2O2/c1-12(2,11(17)15-7)9-16-10-8-13(3,4)18-14(10,5)6/h10,16H,8-9H2,1-7H3,(H,15,17)/t10-/m1/s1. The Morgan fingerprint density at radius 3 is 2.28 bits per heavy atom. The van der Waals surface area contributed by atoms with Crippen molar-refractivity contribution in [1.29, 1.82) is 0 Å². The lowest BCUT2D eigenvalue weighted by Gasteiger charge is -2.31. The third kappa shape index (κ3) is 3.45. The fourth-order valence-electron chi connectivity index (χ4n) is 2.68. The van der Waals surface area contributed by atoms with Gasteiger partial charge in [0.1, 0.15) is 0 Å². The molecule has 0 spiro atoms. The highest BCUT2D eigenvalue weighted by Gasteiger charge is 2.46. The number of rotatable bonds is 4. The van der Waals surface area contributed by atoms with Gasteiger partial charge in [0.25, 0.3) is 0 Å². The number of hydrogen-bond acceptors (Lipinski definition) is 3. The second-order valence-electron chi connectivity index (χ2n) is 7.07. The van der Waals surface area contributed by atoms with Gasteiger partial charge in [0.05, 0.1) is 16.6 Å². The molecule has 2 N–H and O–H groups in total. The van der Waals surface area contributed by atoms with Gasteiger partial charge in [-0.2, -0.15) is 0 Å². The topological polar surface area (TPSA) is 50.4 Å². The normalized spacial score (nSPS) is 26.1. The Kier molecular flexibility index (Phi) is 4.13. The summed E-state index contributed by atoms with van der Waals surface area (Å²) in [5, 5.41) is 6.20. The zero-order valence-corrected chi connectivity index (χ0v) is 12.8. The first-order valence-corrected chi connectivity index (χ1v) is 6.66. The lowest BCUT2D eigenvalue weighted by molar-refractivity contribution is -0.128. The molecule has 18 heavy (non-hydrogen) atoms. The Morgan fingerprint density at radius 2 is 1.89 bits per heavy atom. The maximum atomic E-state index is 11.7. The van der Waals surface area contributed by atoms with Crippen LogP contribution in [0.4, 0.5) is 0 Å². The molecule has 4 nitrogen and oxygen atoms in total. The van der Waals surface area contributed by atoms with Crippen molar-refractivity contribution in [2.45, 2.75) is 65.2 Å². The summed E-state index contributed by atoms with van der Waals surface area (Å²) in [5.41, 5.74) is -0.696. The van der Waals surface area contributed by atoms with E-state index >= 15 is 0 Å². The lowest BCUT2D eigenvalue weighted by atomic mass is 9.89. The van der Waals surface area contributed by atoms with E-state index in [4.69, 9.17) is 4.74 Å². The van der Waals surface area contributed by atoms with Gasteiger partial charge in [-0.25, -0.2) is 0 Å². The molecule has 1 heterocycles. The van der Waals surface area contributed by atoms with Crippen molar-refractivity contribution in [2.75, 3.05) is 13.6 Å². The predicted molar refractivity (Wildman–Crippen MR) is 73.5 cm³/mol. The molecule has 0 aromatic carbocycles. The van der Waals surface area contributed by atoms with Gasteiger partial charge in [0.2, 0.25) is 5.91 Å². The molecular formula is C14H28N2O2. The van der Waals surface area contributed by atoms with E-state index in [1.165, 1.54) is 0 Å². The minimum absolute atomic E-state index is 0.0611. The second kappa shape index (κ2) is 4.82. The smallest absolute Gasteiger partial charge is 0.226 e. The van der Waals surface area contributed by atoms with E-state index in [2.05, 4.69) is 38.3 Å². The van der Waals surface area contributed by atoms with Crippen LogP contribution in [0.5, 0.6) is 0 Å². The molecule has 0 bridgehead atoms. The van der Waals surface area contributed by atoms with E-state index in [0.29, 0.717) is 6.54 Å². The molecule has 1 saturated heterocycles. The van der Waals surface area contributed by atoms with Gasteiger partial charge < -0.3 is 15.4 Å². The monoisotopic (exact) mass is 256 g/mol. The van der Waals surface area contributed by atoms with Crippen LogP contribution in [0.1, 0.15) is 48.0 Å². The van der Waals surface area contributed by atoms with Crippen LogP contribution >= 0.6 is 0 Å². The maximum absolute atomic E-state index is 11.7. The molecule has 0 aromatic rings. The van der Waals surface area contributed by atoms with Crippen LogP contribution in [-0.2, 0) is 9.53 Å². The quantitative estimate of drug-likeness (QED) is 0.805. The Balaban J connectivity index is 2.62. The first kappa shape index (κ1) is 15.4. The summed E-state index contributed by atoms with van der Waals surface area (Å²) in [5.74, 6) is 0.0611. The van der Waals surface area contributed by atoms with Gasteiger partial charge in [0, 0.05) is 19.6 Å². The molecule has 0 radical (unpaired) electrons. The number of amides is 1. The molecule has 0 aliphatic carbocycles. The summed E-state index contributed by atoms with van der Waals surface area (Å²) < 4.78 is 6.04. The highest BCUT2D eigenvalue weighted by Crippen LogP contribution is 2.37. The molecule has 1 amide bonds. The molecule has 1 fully saturated rings. The molecule has 1 atom stereocenters. The molecule has 0 aromatic heterocycles. The number of ether oxygens (including phenoxy) is 1. The first-order chi connectivity index (χ1) is 8.00. The largest absolute Gasteiger partial charge is 0.368 e. The molecule has 0 saturated carbocycles. The van der Waals surface area contributed by atoms with Crippen LogP contribution in [0.2, 0.25) is 0 Å². The van der Waals surface area contributed by atoms with Crippen LogP contribution in [0.25, 0.3) is 0 Å². The number of nitrogens with one attached hydrogen (secondary N) is 2. The third-order valence-electron chi connectivity index (χ3n) is 3.71. The summed E-state index contributed by atoms with van der Waals surface area (Å²) in [6.07, 6.45) is 0.962. The van der Waals surface area contributed by atoms with Crippen LogP contribution in [-0.4, -0.2) is 36.7 Å². The van der Waals surface area contributed by atoms with Gasteiger partial charge >= 0.3 is 0 Å². The zero-order chi connectivity index (χ0) is 14.2. The van der Waals surface area contributed by atoms with Crippen LogP contribution in [0, 0.1) is 5.41 Å². The molecule has 1 aliphatic heterocycles. The molecule has 0 unspecified atom stereocenters. The van der Waals surface area contributed by atoms with Crippen LogP contribution in [0.15, 0.2) is 0 Å². The summed E-state index contributed by atoms with van der Waals surface area (Å²) in [6, 6.07) is 0.274. The van der Waals surface area contributed by atoms with E-state index in [1.807, 2.05) is 13.8 Å². The average Bonchev–Trinajstić information content (AvgIpc) is 2.42. The fraction of sp³-hybridized carbons (Fsp3) is 0.929. The van der Waals surface area contributed by atoms with E-state index in [9.17, 15) is 4.79 Å². The van der Waals surface area contributed by atoms with Crippen molar-refractivity contribution in [3.63, 3.8) is 0 Å². The van der Waals surface area contributed by atoms with Crippen molar-refractivity contribution in [3.05, 3.63) is 0 Å². The zero-order valence-electron chi connectivity index (χ0n) is 12.8. The van der Waals surface area contributed by atoms with E-state index in [-0.39, 0.29) is 23.2 Å². The van der Waals surface area contributed by atoms with Crippen LogP contribution in [0.3, 0.4) is 0 Å². The Bertz CT molecular complexity index is 322. The van der Waals surface area contributed by atoms with Crippen LogP contribution < -0.4 is 10.6 Å². The van der Waals surface area contributed by atoms with E-state index < -0.39 is 5.41 Å². The fourth-order valence-corrected chi connectivity index (χ4v) is 2.68. The Labute approximate surface area is 111 Å². The number of hydrogen-bond donors (Lipinski definition) is 2. The van der Waals surface area contributed by atoms with Crippen molar-refractivity contribution < 1.29 is 9.53 Å². The van der Waals surface area contributed by atoms with E-state index in [1.54, 1.807) is 7.05 Å². The molecule has 106 valence electrons. The Hall–Kier alpha value is -0.610. The maximum Gasteiger partial charge on any atom is 0.226 e. The van der Waals surface area contributed by atoms with Gasteiger partial charge in [0.15, 0.2) is 0 Å². The highest BCUT2D eigenvalue weighted by molar-refractivity contribution is 5.81. The van der Waals surface area contributed by atoms with Crippen molar-refractivity contribution in [1.82, 2.24) is 10.6 Å². The number of carbonyl (C=O) groups excluding carboxylic acids is 1. The average molecular weight is 256 g/mol. The van der Waals surface area contributed by atoms with Crippen molar-refractivity contribution in [3.8, 4) is 0 Å². The second-order valence-corrected chi connectivity index (χ2v) is 7.07.